The summed E-state index contributed by atoms with van der Waals surface area (Å²) in [7, 11) is 4.13. The first kappa shape index (κ1) is 23.1. The first-order valence-electron chi connectivity index (χ1n) is 10.6. The van der Waals surface area contributed by atoms with E-state index in [1.54, 1.807) is 6.20 Å². The number of nitrogens with zero attached hydrogens (tertiary/aromatic N) is 6. The van der Waals surface area contributed by atoms with E-state index >= 15 is 0 Å². The number of hydrogen-bond acceptors (Lipinski definition) is 7. The Bertz CT molecular complexity index is 1160. The number of aromatic amines is 1. The Morgan fingerprint density at radius 2 is 1.91 bits per heavy atom. The Kier molecular flexibility index (Phi) is 6.30. The van der Waals surface area contributed by atoms with Gasteiger partial charge in [-0.25, -0.2) is 14.8 Å². The molecule has 33 heavy (non-hydrogen) atoms. The van der Waals surface area contributed by atoms with Gasteiger partial charge in [-0.05, 0) is 31.8 Å². The number of piperazine rings is 1. The number of halogens is 3. The highest BCUT2D eigenvalue weighted by Gasteiger charge is 2.34. The molecule has 178 valence electrons. The predicted octanol–water partition coefficient (Wildman–Crippen LogP) is 1.45. The van der Waals surface area contributed by atoms with Gasteiger partial charge < -0.3 is 20.5 Å². The van der Waals surface area contributed by atoms with Gasteiger partial charge in [0.1, 0.15) is 22.8 Å². The summed E-state index contributed by atoms with van der Waals surface area (Å²) in [4.78, 5) is 29.6. The number of nitrogens with two attached hydrogens (primary N) is 1. The Morgan fingerprint density at radius 3 is 2.52 bits per heavy atom. The molecular formula is C21H27F3N8O. The fourth-order valence-corrected chi connectivity index (χ4v) is 3.90. The number of pyridine rings is 2. The highest BCUT2D eigenvalue weighted by molar-refractivity contribution is 5.85. The molecule has 1 fully saturated rings. The Morgan fingerprint density at radius 1 is 1.18 bits per heavy atom. The normalized spacial score (nSPS) is 15.6. The molecular weight excluding hydrogens is 437 g/mol. The van der Waals surface area contributed by atoms with E-state index in [0.717, 1.165) is 51.2 Å². The second-order valence-electron chi connectivity index (χ2n) is 8.46. The molecule has 0 atom stereocenters. The summed E-state index contributed by atoms with van der Waals surface area (Å²) >= 11 is 0. The van der Waals surface area contributed by atoms with Crippen LogP contribution in [0.4, 0.5) is 24.8 Å². The van der Waals surface area contributed by atoms with Crippen LogP contribution in [-0.2, 0) is 12.7 Å². The van der Waals surface area contributed by atoms with Crippen LogP contribution < -0.4 is 16.3 Å². The fourth-order valence-electron chi connectivity index (χ4n) is 3.90. The van der Waals surface area contributed by atoms with E-state index < -0.39 is 17.6 Å². The second kappa shape index (κ2) is 9.02. The lowest BCUT2D eigenvalue weighted by atomic mass is 10.2. The van der Waals surface area contributed by atoms with Gasteiger partial charge in [0.15, 0.2) is 0 Å². The maximum atomic E-state index is 13.1. The number of fused-ring (bicyclic) bond motifs is 1. The van der Waals surface area contributed by atoms with Gasteiger partial charge in [-0.15, -0.1) is 0 Å². The third-order valence-electron chi connectivity index (χ3n) is 5.79. The molecule has 0 aliphatic carbocycles. The maximum absolute atomic E-state index is 13.1. The maximum Gasteiger partial charge on any atom is 0.433 e. The number of alkyl halides is 3. The quantitative estimate of drug-likeness (QED) is 0.570. The third kappa shape index (κ3) is 5.11. The molecule has 0 spiro atoms. The van der Waals surface area contributed by atoms with Crippen LogP contribution in [0.25, 0.3) is 11.0 Å². The monoisotopic (exact) mass is 464 g/mol. The lowest BCUT2D eigenvalue weighted by Crippen LogP contribution is -2.48. The number of imidazole rings is 1. The number of nitrogens with one attached hydrogen (secondary N) is 1. The Hall–Kier alpha value is -3.12. The van der Waals surface area contributed by atoms with Gasteiger partial charge in [0, 0.05) is 45.5 Å². The van der Waals surface area contributed by atoms with Crippen molar-refractivity contribution in [2.24, 2.45) is 0 Å². The van der Waals surface area contributed by atoms with Crippen LogP contribution in [0, 0.1) is 0 Å². The molecule has 12 heteroatoms. The van der Waals surface area contributed by atoms with E-state index in [9.17, 15) is 18.0 Å². The molecule has 0 bridgehead atoms. The lowest BCUT2D eigenvalue weighted by molar-refractivity contribution is -0.141. The van der Waals surface area contributed by atoms with Gasteiger partial charge in [0.25, 0.3) is 0 Å². The highest BCUT2D eigenvalue weighted by atomic mass is 19.4. The summed E-state index contributed by atoms with van der Waals surface area (Å²) in [6.07, 6.45) is -3.02. The van der Waals surface area contributed by atoms with Crippen LogP contribution in [-0.4, -0.2) is 82.7 Å². The Balaban J connectivity index is 1.48. The van der Waals surface area contributed by atoms with Gasteiger partial charge in [-0.3, -0.25) is 9.47 Å². The topological polar surface area (TPSA) is 99.3 Å². The first-order chi connectivity index (χ1) is 15.6. The summed E-state index contributed by atoms with van der Waals surface area (Å²) in [5.74, 6) is 0.471. The zero-order valence-electron chi connectivity index (χ0n) is 18.6. The van der Waals surface area contributed by atoms with Gasteiger partial charge in [-0.1, -0.05) is 6.07 Å². The molecule has 1 aliphatic heterocycles. The summed E-state index contributed by atoms with van der Waals surface area (Å²) in [5.41, 5.74) is 4.79. The number of aromatic nitrogens is 4. The van der Waals surface area contributed by atoms with Crippen molar-refractivity contribution in [3.63, 3.8) is 0 Å². The number of nitrogen functional groups attached to an aromatic ring is 1. The van der Waals surface area contributed by atoms with Crippen molar-refractivity contribution >= 4 is 22.7 Å². The van der Waals surface area contributed by atoms with Crippen molar-refractivity contribution < 1.29 is 13.2 Å². The molecule has 0 unspecified atom stereocenters. The number of H-pyrrole nitrogens is 1. The first-order valence-corrected chi connectivity index (χ1v) is 10.6. The fraction of sp³-hybridized carbons (Fsp3) is 0.476. The molecule has 4 heterocycles. The number of likely N-dealkylation sites (N-methyl/N-ethyl adjacent to an activating group) is 1. The SMILES string of the molecule is CN(C)CCN1CCN(c2ccc(Cn3c(=O)[nH]c4c(N)nc(C(F)(F)F)cc43)cn2)CC1. The molecule has 0 saturated carbocycles. The molecule has 1 aliphatic rings. The summed E-state index contributed by atoms with van der Waals surface area (Å²) in [5, 5.41) is 0. The van der Waals surface area contributed by atoms with E-state index in [0.29, 0.717) is 5.56 Å². The molecule has 3 aromatic heterocycles. The molecule has 9 nitrogen and oxygen atoms in total. The second-order valence-corrected chi connectivity index (χ2v) is 8.46. The average molecular weight is 464 g/mol. The number of rotatable bonds is 6. The molecule has 0 radical (unpaired) electrons. The van der Waals surface area contributed by atoms with E-state index in [1.807, 2.05) is 12.1 Å². The van der Waals surface area contributed by atoms with Gasteiger partial charge in [0.05, 0.1) is 12.1 Å². The van der Waals surface area contributed by atoms with Crippen molar-refractivity contribution in [1.82, 2.24) is 29.3 Å². The van der Waals surface area contributed by atoms with Crippen LogP contribution in [0.5, 0.6) is 0 Å². The molecule has 4 rings (SSSR count). The highest BCUT2D eigenvalue weighted by Crippen LogP contribution is 2.31. The molecule has 3 N–H and O–H groups in total. The van der Waals surface area contributed by atoms with E-state index in [2.05, 4.69) is 43.7 Å². The van der Waals surface area contributed by atoms with Crippen LogP contribution >= 0.6 is 0 Å². The standard InChI is InChI=1S/C21H27F3N8O/c1-29(2)5-6-30-7-9-31(10-8-30)17-4-3-14(12-26-17)13-32-15-11-16(21(22,23)24)27-19(25)18(15)28-20(32)33/h3-4,11-12H,5-10,13H2,1-2H3,(H2,25,27)(H,28,33). The third-order valence-corrected chi connectivity index (χ3v) is 5.79. The van der Waals surface area contributed by atoms with Gasteiger partial charge in [0.2, 0.25) is 0 Å². The van der Waals surface area contributed by atoms with Crippen LogP contribution in [0.1, 0.15) is 11.3 Å². The molecule has 1 saturated heterocycles. The average Bonchev–Trinajstić information content (AvgIpc) is 3.08. The predicted molar refractivity (Wildman–Crippen MR) is 120 cm³/mol. The van der Waals surface area contributed by atoms with E-state index in [1.165, 1.54) is 4.57 Å². The minimum Gasteiger partial charge on any atom is -0.382 e. The minimum atomic E-state index is -4.67. The van der Waals surface area contributed by atoms with Crippen molar-refractivity contribution in [3.8, 4) is 0 Å². The number of anilines is 2. The van der Waals surface area contributed by atoms with Crippen LogP contribution in [0.2, 0.25) is 0 Å². The van der Waals surface area contributed by atoms with Crippen LogP contribution in [0.3, 0.4) is 0 Å². The zero-order valence-corrected chi connectivity index (χ0v) is 18.6. The summed E-state index contributed by atoms with van der Waals surface area (Å²) in [6.45, 7) is 5.76. The van der Waals surface area contributed by atoms with Gasteiger partial charge in [-0.2, -0.15) is 13.2 Å². The lowest BCUT2D eigenvalue weighted by Gasteiger charge is -2.35. The largest absolute Gasteiger partial charge is 0.433 e. The van der Waals surface area contributed by atoms with Crippen molar-refractivity contribution in [2.75, 3.05) is 64.0 Å². The van der Waals surface area contributed by atoms with Crippen LogP contribution in [0.15, 0.2) is 29.2 Å². The summed E-state index contributed by atoms with van der Waals surface area (Å²) < 4.78 is 40.7. The number of hydrogen-bond donors (Lipinski definition) is 2. The molecule has 0 aromatic carbocycles. The summed E-state index contributed by atoms with van der Waals surface area (Å²) in [6, 6.07) is 4.55. The molecule has 0 amide bonds. The van der Waals surface area contributed by atoms with Crippen molar-refractivity contribution in [2.45, 2.75) is 12.7 Å². The van der Waals surface area contributed by atoms with Gasteiger partial charge >= 0.3 is 11.9 Å². The van der Waals surface area contributed by atoms with Crippen molar-refractivity contribution in [1.29, 1.82) is 0 Å². The van der Waals surface area contributed by atoms with E-state index in [-0.39, 0.29) is 23.4 Å². The molecule has 3 aromatic rings. The van der Waals surface area contributed by atoms with E-state index in [4.69, 9.17) is 5.73 Å². The smallest absolute Gasteiger partial charge is 0.382 e. The zero-order chi connectivity index (χ0) is 23.8. The minimum absolute atomic E-state index is 0.0535. The Labute approximate surface area is 188 Å². The van der Waals surface area contributed by atoms with Crippen molar-refractivity contribution in [3.05, 3.63) is 46.1 Å².